The number of aliphatic carboxylic acids is 1. The molecule has 0 radical (unpaired) electrons. The van der Waals surface area contributed by atoms with Crippen molar-refractivity contribution in [2.75, 3.05) is 6.61 Å². The van der Waals surface area contributed by atoms with Crippen molar-refractivity contribution >= 4 is 17.5 Å². The smallest absolute Gasteiger partial charge is 0.380 e. The molecule has 0 saturated carbocycles. The standard InChI is InChI=1S/C5H6O6/c6-1-2(7)3(8)4(9)5(10)11/h2,6-7H,1H2,(H,10,11). The minimum atomic E-state index is -1.94. The van der Waals surface area contributed by atoms with Gasteiger partial charge in [0.2, 0.25) is 5.78 Å². The fourth-order valence-electron chi connectivity index (χ4n) is 0.340. The largest absolute Gasteiger partial charge is 0.475 e. The van der Waals surface area contributed by atoms with Crippen LogP contribution in [0.5, 0.6) is 0 Å². The van der Waals surface area contributed by atoms with Crippen LogP contribution in [0.3, 0.4) is 0 Å². The summed E-state index contributed by atoms with van der Waals surface area (Å²) in [6.45, 7) is -0.960. The van der Waals surface area contributed by atoms with Crippen molar-refractivity contribution in [3.8, 4) is 0 Å². The van der Waals surface area contributed by atoms with Crippen molar-refractivity contribution in [3.63, 3.8) is 0 Å². The van der Waals surface area contributed by atoms with Gasteiger partial charge in [-0.3, -0.25) is 9.59 Å². The van der Waals surface area contributed by atoms with E-state index < -0.39 is 30.2 Å². The zero-order valence-electron chi connectivity index (χ0n) is 5.35. The van der Waals surface area contributed by atoms with Gasteiger partial charge in [0.1, 0.15) is 6.10 Å². The summed E-state index contributed by atoms with van der Waals surface area (Å²) in [6, 6.07) is 0. The van der Waals surface area contributed by atoms with Crippen LogP contribution in [0, 0.1) is 0 Å². The third-order valence-electron chi connectivity index (χ3n) is 0.894. The molecule has 11 heavy (non-hydrogen) atoms. The molecule has 0 heterocycles. The Bertz CT molecular complexity index is 195. The molecular formula is C5H6O6. The Kier molecular flexibility index (Phi) is 3.35. The zero-order chi connectivity index (χ0) is 9.02. The van der Waals surface area contributed by atoms with Gasteiger partial charge in [-0.1, -0.05) is 0 Å². The molecule has 3 N–H and O–H groups in total. The van der Waals surface area contributed by atoms with Gasteiger partial charge in [-0.05, 0) is 0 Å². The van der Waals surface area contributed by atoms with Crippen LogP contribution in [-0.2, 0) is 14.4 Å². The second kappa shape index (κ2) is 3.79. The number of ketones is 2. The second-order valence-electron chi connectivity index (χ2n) is 1.70. The minimum absolute atomic E-state index is 0.960. The molecule has 1 atom stereocenters. The zero-order valence-corrected chi connectivity index (χ0v) is 5.35. The van der Waals surface area contributed by atoms with E-state index in [-0.39, 0.29) is 0 Å². The molecule has 0 amide bonds. The number of aliphatic hydroxyl groups excluding tert-OH is 2. The van der Waals surface area contributed by atoms with E-state index in [2.05, 4.69) is 0 Å². The van der Waals surface area contributed by atoms with Gasteiger partial charge >= 0.3 is 11.8 Å². The van der Waals surface area contributed by atoms with Crippen molar-refractivity contribution in [3.05, 3.63) is 0 Å². The molecule has 0 spiro atoms. The average molecular weight is 162 g/mol. The van der Waals surface area contributed by atoms with Crippen LogP contribution in [0.4, 0.5) is 0 Å². The average Bonchev–Trinajstić information content (AvgIpc) is 2.00. The Hall–Kier alpha value is -1.27. The minimum Gasteiger partial charge on any atom is -0.475 e. The van der Waals surface area contributed by atoms with E-state index in [1.165, 1.54) is 0 Å². The molecule has 0 aliphatic rings. The van der Waals surface area contributed by atoms with Crippen LogP contribution in [-0.4, -0.2) is 45.6 Å². The number of hydrogen-bond donors (Lipinski definition) is 3. The molecular weight excluding hydrogens is 156 g/mol. The van der Waals surface area contributed by atoms with Gasteiger partial charge in [0.25, 0.3) is 0 Å². The molecule has 0 aromatic carbocycles. The molecule has 6 heteroatoms. The lowest BCUT2D eigenvalue weighted by Crippen LogP contribution is -2.35. The molecule has 0 aromatic rings. The van der Waals surface area contributed by atoms with Crippen LogP contribution in [0.1, 0.15) is 0 Å². The molecule has 0 aromatic heterocycles. The molecule has 1 unspecified atom stereocenters. The Labute approximate surface area is 61.1 Å². The van der Waals surface area contributed by atoms with E-state index in [1.54, 1.807) is 0 Å². The van der Waals surface area contributed by atoms with Crippen molar-refractivity contribution in [2.24, 2.45) is 0 Å². The highest BCUT2D eigenvalue weighted by Crippen LogP contribution is 1.86. The first-order valence-corrected chi connectivity index (χ1v) is 2.61. The Morgan fingerprint density at radius 3 is 2.00 bits per heavy atom. The van der Waals surface area contributed by atoms with Gasteiger partial charge in [-0.15, -0.1) is 0 Å². The monoisotopic (exact) mass is 162 g/mol. The molecule has 0 rings (SSSR count). The quantitative estimate of drug-likeness (QED) is 0.313. The van der Waals surface area contributed by atoms with E-state index in [0.717, 1.165) is 0 Å². The summed E-state index contributed by atoms with van der Waals surface area (Å²) in [5.74, 6) is -5.19. The van der Waals surface area contributed by atoms with Crippen LogP contribution >= 0.6 is 0 Å². The summed E-state index contributed by atoms with van der Waals surface area (Å²) in [6.07, 6.45) is -1.93. The van der Waals surface area contributed by atoms with Gasteiger partial charge in [-0.2, -0.15) is 0 Å². The van der Waals surface area contributed by atoms with E-state index in [0.29, 0.717) is 0 Å². The summed E-state index contributed by atoms with van der Waals surface area (Å²) in [5, 5.41) is 24.5. The summed E-state index contributed by atoms with van der Waals surface area (Å²) in [4.78, 5) is 30.4. The van der Waals surface area contributed by atoms with Crippen LogP contribution < -0.4 is 0 Å². The lowest BCUT2D eigenvalue weighted by molar-refractivity contribution is -0.155. The first-order chi connectivity index (χ1) is 5.00. The summed E-state index contributed by atoms with van der Waals surface area (Å²) in [5.41, 5.74) is 0. The number of carboxylic acid groups (broad SMARTS) is 1. The van der Waals surface area contributed by atoms with Crippen molar-refractivity contribution in [1.82, 2.24) is 0 Å². The SMILES string of the molecule is O=C(O)C(=O)C(=O)C(O)CO. The van der Waals surface area contributed by atoms with Gasteiger partial charge in [-0.25, -0.2) is 4.79 Å². The Morgan fingerprint density at radius 2 is 1.73 bits per heavy atom. The molecule has 0 saturated heterocycles. The third kappa shape index (κ3) is 2.44. The normalized spacial score (nSPS) is 12.2. The van der Waals surface area contributed by atoms with Crippen molar-refractivity contribution in [1.29, 1.82) is 0 Å². The van der Waals surface area contributed by atoms with Crippen molar-refractivity contribution in [2.45, 2.75) is 6.10 Å². The van der Waals surface area contributed by atoms with Crippen molar-refractivity contribution < 1.29 is 29.7 Å². The fourth-order valence-corrected chi connectivity index (χ4v) is 0.340. The number of carboxylic acids is 1. The molecule has 0 aliphatic heterocycles. The van der Waals surface area contributed by atoms with Crippen LogP contribution in [0.2, 0.25) is 0 Å². The number of aliphatic hydroxyl groups is 2. The molecule has 6 nitrogen and oxygen atoms in total. The van der Waals surface area contributed by atoms with E-state index >= 15 is 0 Å². The number of carbonyl (C=O) groups excluding carboxylic acids is 2. The highest BCUT2D eigenvalue weighted by atomic mass is 16.4. The third-order valence-corrected chi connectivity index (χ3v) is 0.894. The van der Waals surface area contributed by atoms with Gasteiger partial charge in [0, 0.05) is 0 Å². The van der Waals surface area contributed by atoms with Crippen LogP contribution in [0.15, 0.2) is 0 Å². The van der Waals surface area contributed by atoms with Gasteiger partial charge < -0.3 is 15.3 Å². The maximum absolute atomic E-state index is 10.4. The molecule has 62 valence electrons. The van der Waals surface area contributed by atoms with Crippen LogP contribution in [0.25, 0.3) is 0 Å². The van der Waals surface area contributed by atoms with Gasteiger partial charge in [0.15, 0.2) is 0 Å². The molecule has 0 aliphatic carbocycles. The topological polar surface area (TPSA) is 112 Å². The Balaban J connectivity index is 4.26. The summed E-state index contributed by atoms with van der Waals surface area (Å²) in [7, 11) is 0. The first kappa shape index (κ1) is 9.73. The first-order valence-electron chi connectivity index (χ1n) is 2.61. The van der Waals surface area contributed by atoms with E-state index in [4.69, 9.17) is 15.3 Å². The molecule has 0 fully saturated rings. The van der Waals surface area contributed by atoms with E-state index in [9.17, 15) is 14.4 Å². The Morgan fingerprint density at radius 1 is 1.27 bits per heavy atom. The summed E-state index contributed by atoms with van der Waals surface area (Å²) < 4.78 is 0. The maximum atomic E-state index is 10.4. The van der Waals surface area contributed by atoms with E-state index in [1.807, 2.05) is 0 Å². The highest BCUT2D eigenvalue weighted by Gasteiger charge is 2.27. The maximum Gasteiger partial charge on any atom is 0.380 e. The second-order valence-corrected chi connectivity index (χ2v) is 1.70. The molecule has 0 bridgehead atoms. The number of carbonyl (C=O) groups is 3. The predicted molar refractivity (Wildman–Crippen MR) is 30.7 cm³/mol. The summed E-state index contributed by atoms with van der Waals surface area (Å²) >= 11 is 0. The lowest BCUT2D eigenvalue weighted by Gasteiger charge is -2.00. The van der Waals surface area contributed by atoms with Gasteiger partial charge in [0.05, 0.1) is 6.61 Å². The number of Topliss-reactive ketones (excluding diaryl/α,β-unsaturated/α-hetero) is 2. The highest BCUT2D eigenvalue weighted by molar-refractivity contribution is 6.62. The number of rotatable bonds is 4. The number of hydrogen-bond acceptors (Lipinski definition) is 5. The lowest BCUT2D eigenvalue weighted by atomic mass is 10.2. The predicted octanol–water partition coefficient (Wildman–Crippen LogP) is -2.44. The fraction of sp³-hybridized carbons (Fsp3) is 0.400.